The van der Waals surface area contributed by atoms with Crippen molar-refractivity contribution in [3.63, 3.8) is 0 Å². The summed E-state index contributed by atoms with van der Waals surface area (Å²) >= 11 is 0. The predicted molar refractivity (Wildman–Crippen MR) is 108 cm³/mol. The summed E-state index contributed by atoms with van der Waals surface area (Å²) in [5.41, 5.74) is -1.53. The van der Waals surface area contributed by atoms with Crippen LogP contribution in [-0.2, 0) is 6.42 Å². The van der Waals surface area contributed by atoms with Gasteiger partial charge in [0, 0.05) is 40.8 Å². The molecule has 0 fully saturated rings. The van der Waals surface area contributed by atoms with Gasteiger partial charge in [-0.25, -0.2) is 9.18 Å². The normalized spacial score (nSPS) is 17.2. The van der Waals surface area contributed by atoms with Crippen LogP contribution in [0.4, 0.5) is 4.39 Å². The Hall–Kier alpha value is -4.54. The molecule has 1 aliphatic rings. The molecule has 0 radical (unpaired) electrons. The lowest BCUT2D eigenvalue weighted by Crippen LogP contribution is -2.26. The molecule has 1 aliphatic heterocycles. The third-order valence-corrected chi connectivity index (χ3v) is 5.49. The lowest BCUT2D eigenvalue weighted by atomic mass is 9.80. The number of ether oxygens (including phenoxy) is 1. The first-order valence-electron chi connectivity index (χ1n) is 9.43. The number of hydrogen-bond donors (Lipinski definition) is 8. The number of benzene rings is 3. The van der Waals surface area contributed by atoms with Crippen LogP contribution in [-0.4, -0.2) is 46.8 Å². The molecule has 33 heavy (non-hydrogen) atoms. The molecular weight excluding hydrogens is 443 g/mol. The molecule has 11 heteroatoms. The van der Waals surface area contributed by atoms with Crippen LogP contribution in [0.25, 0.3) is 0 Å². The van der Waals surface area contributed by atoms with Crippen LogP contribution in [0.1, 0.15) is 39.1 Å². The summed E-state index contributed by atoms with van der Waals surface area (Å²) in [5, 5.41) is 79.4. The van der Waals surface area contributed by atoms with E-state index < -0.39 is 69.4 Å². The van der Waals surface area contributed by atoms with Crippen molar-refractivity contribution in [2.75, 3.05) is 0 Å². The van der Waals surface area contributed by atoms with Gasteiger partial charge >= 0.3 is 5.97 Å². The summed E-state index contributed by atoms with van der Waals surface area (Å²) in [6.45, 7) is 0. The number of fused-ring (bicyclic) bond motifs is 1. The number of carboxylic acid groups (broad SMARTS) is 1. The van der Waals surface area contributed by atoms with E-state index in [9.17, 15) is 45.6 Å². The quantitative estimate of drug-likeness (QED) is 0.270. The van der Waals surface area contributed by atoms with E-state index in [2.05, 4.69) is 0 Å². The summed E-state index contributed by atoms with van der Waals surface area (Å²) in [7, 11) is 0. The van der Waals surface area contributed by atoms with Crippen molar-refractivity contribution >= 4 is 5.97 Å². The van der Waals surface area contributed by atoms with Gasteiger partial charge in [0.1, 0.15) is 29.2 Å². The Bertz CT molecular complexity index is 1280. The molecule has 1 heterocycles. The van der Waals surface area contributed by atoms with Crippen molar-refractivity contribution in [2.24, 2.45) is 0 Å². The van der Waals surface area contributed by atoms with Gasteiger partial charge in [0.25, 0.3) is 0 Å². The molecule has 4 rings (SSSR count). The van der Waals surface area contributed by atoms with Crippen molar-refractivity contribution in [3.05, 3.63) is 58.4 Å². The van der Waals surface area contributed by atoms with E-state index in [1.165, 1.54) is 0 Å². The average molecular weight is 460 g/mol. The second-order valence-corrected chi connectivity index (χ2v) is 7.52. The second kappa shape index (κ2) is 7.55. The Labute approximate surface area is 184 Å². The van der Waals surface area contributed by atoms with Gasteiger partial charge in [-0.3, -0.25) is 0 Å². The maximum Gasteiger partial charge on any atom is 0.338 e. The molecule has 2 atom stereocenters. The Balaban J connectivity index is 1.99. The minimum Gasteiger partial charge on any atom is -0.508 e. The number of carboxylic acids is 1. The fourth-order valence-electron chi connectivity index (χ4n) is 3.97. The smallest absolute Gasteiger partial charge is 0.338 e. The maximum atomic E-state index is 15.3. The van der Waals surface area contributed by atoms with Crippen LogP contribution >= 0.6 is 0 Å². The molecule has 8 N–H and O–H groups in total. The number of carbonyl (C=O) groups is 1. The van der Waals surface area contributed by atoms with Crippen LogP contribution in [0.3, 0.4) is 0 Å². The third-order valence-electron chi connectivity index (χ3n) is 5.49. The minimum absolute atomic E-state index is 0.0275. The SMILES string of the molecule is O=C(O)c1cc(O)c(O)c(C2Cc3c(O)cc(O)cc3O[C@H]2c2cc(O)c(O)c(O)c2)c1F. The second-order valence-electron chi connectivity index (χ2n) is 7.52. The summed E-state index contributed by atoms with van der Waals surface area (Å²) < 4.78 is 21.1. The number of phenols is 7. The van der Waals surface area contributed by atoms with Gasteiger partial charge in [0.05, 0.1) is 5.56 Å². The van der Waals surface area contributed by atoms with Gasteiger partial charge in [-0.15, -0.1) is 0 Å². The highest BCUT2D eigenvalue weighted by molar-refractivity contribution is 5.89. The third kappa shape index (κ3) is 3.49. The zero-order valence-electron chi connectivity index (χ0n) is 16.5. The molecule has 0 amide bonds. The highest BCUT2D eigenvalue weighted by Crippen LogP contribution is 2.53. The maximum absolute atomic E-state index is 15.3. The molecule has 3 aromatic rings. The van der Waals surface area contributed by atoms with E-state index in [4.69, 9.17) is 4.74 Å². The molecule has 0 aliphatic carbocycles. The van der Waals surface area contributed by atoms with Crippen LogP contribution in [0, 0.1) is 5.82 Å². The minimum atomic E-state index is -1.72. The van der Waals surface area contributed by atoms with Crippen molar-refractivity contribution in [1.29, 1.82) is 0 Å². The molecule has 0 spiro atoms. The van der Waals surface area contributed by atoms with E-state index in [1.807, 2.05) is 0 Å². The Morgan fingerprint density at radius 2 is 1.45 bits per heavy atom. The zero-order chi connectivity index (χ0) is 24.2. The molecule has 1 unspecified atom stereocenters. The molecule has 0 aromatic heterocycles. The fraction of sp³-hybridized carbons (Fsp3) is 0.136. The number of halogens is 1. The van der Waals surface area contributed by atoms with Crippen LogP contribution in [0.2, 0.25) is 0 Å². The molecule has 10 nitrogen and oxygen atoms in total. The van der Waals surface area contributed by atoms with Crippen LogP contribution in [0.15, 0.2) is 30.3 Å². The monoisotopic (exact) mass is 460 g/mol. The van der Waals surface area contributed by atoms with Crippen LogP contribution in [0.5, 0.6) is 46.0 Å². The van der Waals surface area contributed by atoms with Crippen molar-refractivity contribution < 1.29 is 54.8 Å². The number of aromatic hydroxyl groups is 7. The van der Waals surface area contributed by atoms with Crippen LogP contribution < -0.4 is 4.74 Å². The first kappa shape index (κ1) is 21.7. The zero-order valence-corrected chi connectivity index (χ0v) is 16.5. The fourth-order valence-corrected chi connectivity index (χ4v) is 3.97. The Kier molecular flexibility index (Phi) is 4.96. The molecule has 172 valence electrons. The molecule has 0 saturated heterocycles. The molecule has 0 bridgehead atoms. The van der Waals surface area contributed by atoms with E-state index in [1.54, 1.807) is 0 Å². The standard InChI is InChI=1S/C22H17FO10/c23-18-11(22(31)32)6-15(28)20(30)17(18)10-5-9-12(25)3-8(24)4-16(9)33-21(10)7-1-13(26)19(29)14(27)2-7/h1-4,6,10,21,24-30H,5H2,(H,31,32)/t10?,21-/m0/s1. The van der Waals surface area contributed by atoms with Gasteiger partial charge in [0.15, 0.2) is 28.7 Å². The number of aromatic carboxylic acids is 1. The molecule has 3 aromatic carbocycles. The first-order chi connectivity index (χ1) is 15.5. The summed E-state index contributed by atoms with van der Waals surface area (Å²) in [5.74, 6) is -9.43. The van der Waals surface area contributed by atoms with Gasteiger partial charge < -0.3 is 45.6 Å². The summed E-state index contributed by atoms with van der Waals surface area (Å²) in [4.78, 5) is 11.5. The van der Waals surface area contributed by atoms with E-state index in [-0.39, 0.29) is 29.0 Å². The first-order valence-corrected chi connectivity index (χ1v) is 9.43. The molecule has 0 saturated carbocycles. The number of hydrogen-bond acceptors (Lipinski definition) is 9. The largest absolute Gasteiger partial charge is 0.508 e. The Morgan fingerprint density at radius 1 is 0.848 bits per heavy atom. The predicted octanol–water partition coefficient (Wildman–Crippen LogP) is 2.92. The average Bonchev–Trinajstić information content (AvgIpc) is 2.74. The van der Waals surface area contributed by atoms with Gasteiger partial charge in [-0.05, 0) is 18.6 Å². The van der Waals surface area contributed by atoms with Crippen molar-refractivity contribution in [2.45, 2.75) is 18.4 Å². The lowest BCUT2D eigenvalue weighted by molar-refractivity contribution is 0.0690. The number of phenolic OH excluding ortho intramolecular Hbond substituents is 7. The summed E-state index contributed by atoms with van der Waals surface area (Å²) in [6.07, 6.45) is -1.62. The van der Waals surface area contributed by atoms with E-state index in [0.717, 1.165) is 24.3 Å². The topological polar surface area (TPSA) is 188 Å². The lowest BCUT2D eigenvalue weighted by Gasteiger charge is -2.35. The Morgan fingerprint density at radius 3 is 2.06 bits per heavy atom. The van der Waals surface area contributed by atoms with Gasteiger partial charge in [0.2, 0.25) is 0 Å². The van der Waals surface area contributed by atoms with Gasteiger partial charge in [-0.2, -0.15) is 0 Å². The number of rotatable bonds is 3. The van der Waals surface area contributed by atoms with Crippen molar-refractivity contribution in [1.82, 2.24) is 0 Å². The van der Waals surface area contributed by atoms with Gasteiger partial charge in [-0.1, -0.05) is 0 Å². The van der Waals surface area contributed by atoms with Crippen molar-refractivity contribution in [3.8, 4) is 46.0 Å². The highest BCUT2D eigenvalue weighted by Gasteiger charge is 2.40. The van der Waals surface area contributed by atoms with E-state index >= 15 is 4.39 Å². The van der Waals surface area contributed by atoms with E-state index in [0.29, 0.717) is 6.07 Å². The highest BCUT2D eigenvalue weighted by atomic mass is 19.1. The molecular formula is C22H17FO10. The summed E-state index contributed by atoms with van der Waals surface area (Å²) in [6, 6.07) is 4.68.